The average Bonchev–Trinajstić information content (AvgIpc) is 3.43. The van der Waals surface area contributed by atoms with E-state index in [2.05, 4.69) is 5.32 Å². The van der Waals surface area contributed by atoms with Crippen molar-refractivity contribution in [2.45, 2.75) is 63.0 Å². The Bertz CT molecular complexity index is 1560. The number of ether oxygens (including phenoxy) is 2. The van der Waals surface area contributed by atoms with E-state index < -0.39 is 66.1 Å². The molecular weight excluding hydrogens is 610 g/mol. The number of nitrogens with one attached hydrogen (secondary N) is 1. The third kappa shape index (κ3) is 5.63. The number of allylic oxidation sites excluding steroid dienone is 1. The summed E-state index contributed by atoms with van der Waals surface area (Å²) in [6, 6.07) is 12.8. The summed E-state index contributed by atoms with van der Waals surface area (Å²) in [5.41, 5.74) is 0.625. The highest BCUT2D eigenvalue weighted by molar-refractivity contribution is 6.34. The molecule has 2 N–H and O–H groups in total. The second kappa shape index (κ2) is 13.0. The normalized spacial score (nSPS) is 31.1. The van der Waals surface area contributed by atoms with Crippen molar-refractivity contribution in [1.29, 1.82) is 0 Å². The zero-order chi connectivity index (χ0) is 32.6. The molecule has 242 valence electrons. The van der Waals surface area contributed by atoms with Crippen molar-refractivity contribution in [2.24, 2.45) is 11.8 Å². The number of rotatable bonds is 5. The van der Waals surface area contributed by atoms with E-state index >= 15 is 0 Å². The number of benzene rings is 2. The smallest absolute Gasteiger partial charge is 0.313 e. The van der Waals surface area contributed by atoms with Crippen LogP contribution in [-0.2, 0) is 35.1 Å². The van der Waals surface area contributed by atoms with Crippen LogP contribution in [0.1, 0.15) is 30.9 Å². The van der Waals surface area contributed by atoms with Crippen molar-refractivity contribution in [2.75, 3.05) is 24.6 Å². The maximum absolute atomic E-state index is 14.9. The van der Waals surface area contributed by atoms with E-state index in [1.54, 1.807) is 48.3 Å². The van der Waals surface area contributed by atoms with Crippen molar-refractivity contribution in [3.05, 3.63) is 89.0 Å². The molecule has 0 bridgehead atoms. The van der Waals surface area contributed by atoms with Crippen LogP contribution in [0, 0.1) is 18.8 Å². The number of nitrogens with zero attached hydrogens (tertiary/aromatic N) is 2. The highest BCUT2D eigenvalue weighted by Crippen LogP contribution is 2.54. The van der Waals surface area contributed by atoms with Gasteiger partial charge in [0.2, 0.25) is 11.8 Å². The SMILES string of the molecule is Cc1cccc(Cl)c1N1CC=C[C@]23O[C@@H]4/C=C\CCC(=O)NC[C@@H](C)OC(=O)[C@@H]4[C@H]2C(=O)N([C@@H](CO)Cc2ccccc2)[C@@H]3C1=O. The average molecular weight is 648 g/mol. The molecule has 10 nitrogen and oxygen atoms in total. The number of anilines is 1. The van der Waals surface area contributed by atoms with Crippen LogP contribution in [0.25, 0.3) is 0 Å². The van der Waals surface area contributed by atoms with Crippen molar-refractivity contribution in [1.82, 2.24) is 10.2 Å². The Morgan fingerprint density at radius 3 is 2.59 bits per heavy atom. The molecule has 4 aliphatic rings. The molecule has 0 aromatic heterocycles. The van der Waals surface area contributed by atoms with Crippen molar-refractivity contribution in [3.63, 3.8) is 0 Å². The molecule has 2 fully saturated rings. The molecule has 6 rings (SSSR count). The summed E-state index contributed by atoms with van der Waals surface area (Å²) in [7, 11) is 0. The zero-order valence-electron chi connectivity index (χ0n) is 25.8. The number of halogens is 1. The molecule has 0 saturated carbocycles. The molecule has 4 heterocycles. The summed E-state index contributed by atoms with van der Waals surface area (Å²) in [5, 5.41) is 13.9. The summed E-state index contributed by atoms with van der Waals surface area (Å²) < 4.78 is 12.5. The van der Waals surface area contributed by atoms with E-state index in [1.165, 1.54) is 4.90 Å². The first-order valence-corrected chi connectivity index (χ1v) is 16.1. The summed E-state index contributed by atoms with van der Waals surface area (Å²) in [4.78, 5) is 58.8. The standard InChI is InChI=1S/C35H38ClN3O7/c1-21-10-8-13-25(36)30(21)38-17-9-16-35-29(28-26(46-35)14-6-7-15-27(41)37-19-22(2)45-34(28)44)32(42)39(31(35)33(38)43)24(20-40)18-23-11-4-3-5-12-23/h3-6,8-14,16,22,24,26,28-29,31,40H,7,15,17-20H2,1-2H3,(H,37,41)/b14-6-/t22-,24-,26-,28+,29+,31-,35+/m1/s1. The lowest BCUT2D eigenvalue weighted by Gasteiger charge is -2.39. The van der Waals surface area contributed by atoms with Crippen LogP contribution in [0.15, 0.2) is 72.8 Å². The molecule has 2 aromatic carbocycles. The summed E-state index contributed by atoms with van der Waals surface area (Å²) in [6.45, 7) is 3.39. The number of para-hydroxylation sites is 1. The Morgan fingerprint density at radius 1 is 1.07 bits per heavy atom. The van der Waals surface area contributed by atoms with E-state index in [0.717, 1.165) is 11.1 Å². The van der Waals surface area contributed by atoms with Gasteiger partial charge in [-0.2, -0.15) is 0 Å². The van der Waals surface area contributed by atoms with Crippen molar-refractivity contribution < 1.29 is 33.8 Å². The van der Waals surface area contributed by atoms with Gasteiger partial charge in [0.05, 0.1) is 41.9 Å². The molecule has 2 saturated heterocycles. The van der Waals surface area contributed by atoms with Crippen LogP contribution in [0.3, 0.4) is 0 Å². The molecular formula is C35H38ClN3O7. The van der Waals surface area contributed by atoms with Gasteiger partial charge in [0, 0.05) is 13.0 Å². The number of aliphatic hydroxyl groups excluding tert-OH is 1. The number of cyclic esters (lactones) is 1. The number of likely N-dealkylation sites (tertiary alicyclic amines) is 1. The monoisotopic (exact) mass is 647 g/mol. The molecule has 3 amide bonds. The minimum atomic E-state index is -1.54. The third-order valence-corrected chi connectivity index (χ3v) is 9.65. The number of hydrogen-bond donors (Lipinski definition) is 2. The number of fused-ring (bicyclic) bond motifs is 2. The molecule has 4 aliphatic heterocycles. The van der Waals surface area contributed by atoms with Gasteiger partial charge in [0.1, 0.15) is 23.7 Å². The van der Waals surface area contributed by atoms with E-state index in [9.17, 15) is 24.3 Å². The summed E-state index contributed by atoms with van der Waals surface area (Å²) in [5.74, 6) is -3.90. The first kappa shape index (κ1) is 32.0. The Hall–Kier alpha value is -3.99. The van der Waals surface area contributed by atoms with Crippen molar-refractivity contribution in [3.8, 4) is 0 Å². The fourth-order valence-corrected chi connectivity index (χ4v) is 7.62. The van der Waals surface area contributed by atoms with Crippen LogP contribution in [0.4, 0.5) is 5.69 Å². The number of aliphatic hydroxyl groups is 1. The maximum atomic E-state index is 14.9. The summed E-state index contributed by atoms with van der Waals surface area (Å²) >= 11 is 6.66. The van der Waals surface area contributed by atoms with Crippen LogP contribution in [0.5, 0.6) is 0 Å². The fraction of sp³-hybridized carbons (Fsp3) is 0.429. The number of carbonyl (C=O) groups excluding carboxylic acids is 4. The van der Waals surface area contributed by atoms with E-state index in [-0.39, 0.29) is 31.8 Å². The second-order valence-electron chi connectivity index (χ2n) is 12.4. The van der Waals surface area contributed by atoms with E-state index in [4.69, 9.17) is 21.1 Å². The van der Waals surface area contributed by atoms with Gasteiger partial charge in [-0.25, -0.2) is 0 Å². The Kier molecular flexibility index (Phi) is 9.05. The lowest BCUT2D eigenvalue weighted by Crippen LogP contribution is -2.58. The first-order valence-electron chi connectivity index (χ1n) is 15.7. The minimum absolute atomic E-state index is 0.124. The zero-order valence-corrected chi connectivity index (χ0v) is 26.6. The molecule has 0 radical (unpaired) electrons. The molecule has 0 unspecified atom stereocenters. The topological polar surface area (TPSA) is 125 Å². The number of aryl methyl sites for hydroxylation is 1. The number of esters is 1. The molecule has 1 spiro atoms. The van der Waals surface area contributed by atoms with E-state index in [1.807, 2.05) is 43.3 Å². The van der Waals surface area contributed by atoms with E-state index in [0.29, 0.717) is 17.1 Å². The van der Waals surface area contributed by atoms with Gasteiger partial charge in [-0.3, -0.25) is 19.2 Å². The lowest BCUT2D eigenvalue weighted by molar-refractivity contribution is -0.159. The Morgan fingerprint density at radius 2 is 1.85 bits per heavy atom. The molecule has 2 aromatic rings. The number of amides is 3. The Balaban J connectivity index is 1.48. The first-order chi connectivity index (χ1) is 22.2. The predicted molar refractivity (Wildman–Crippen MR) is 171 cm³/mol. The largest absolute Gasteiger partial charge is 0.460 e. The van der Waals surface area contributed by atoms with Crippen molar-refractivity contribution >= 4 is 41.0 Å². The van der Waals surface area contributed by atoms with Gasteiger partial charge in [-0.05, 0) is 43.9 Å². The van der Waals surface area contributed by atoms with Gasteiger partial charge in [0.25, 0.3) is 5.91 Å². The number of hydrogen-bond acceptors (Lipinski definition) is 7. The third-order valence-electron chi connectivity index (χ3n) is 9.35. The number of carbonyl (C=O) groups is 4. The minimum Gasteiger partial charge on any atom is -0.460 e. The molecule has 0 aliphatic carbocycles. The van der Waals surface area contributed by atoms with Gasteiger partial charge in [0.15, 0.2) is 0 Å². The van der Waals surface area contributed by atoms with Crippen LogP contribution in [-0.4, -0.2) is 83.3 Å². The fourth-order valence-electron chi connectivity index (χ4n) is 7.30. The lowest BCUT2D eigenvalue weighted by atomic mass is 9.78. The van der Waals surface area contributed by atoms with Crippen LogP contribution >= 0.6 is 11.6 Å². The van der Waals surface area contributed by atoms with Gasteiger partial charge in [-0.1, -0.05) is 78.4 Å². The van der Waals surface area contributed by atoms with Gasteiger partial charge >= 0.3 is 5.97 Å². The summed E-state index contributed by atoms with van der Waals surface area (Å²) in [6.07, 6.45) is 6.34. The molecule has 46 heavy (non-hydrogen) atoms. The molecule has 11 heteroatoms. The van der Waals surface area contributed by atoms with Gasteiger partial charge < -0.3 is 29.7 Å². The van der Waals surface area contributed by atoms with Crippen LogP contribution < -0.4 is 10.2 Å². The quantitative estimate of drug-likeness (QED) is 0.377. The molecule has 7 atom stereocenters. The second-order valence-corrected chi connectivity index (χ2v) is 12.8. The Labute approximate surface area is 273 Å². The highest BCUT2D eigenvalue weighted by atomic mass is 35.5. The van der Waals surface area contributed by atoms with Crippen LogP contribution in [0.2, 0.25) is 5.02 Å². The maximum Gasteiger partial charge on any atom is 0.313 e. The van der Waals surface area contributed by atoms with Gasteiger partial charge in [-0.15, -0.1) is 0 Å². The highest BCUT2D eigenvalue weighted by Gasteiger charge is 2.72. The predicted octanol–water partition coefficient (Wildman–Crippen LogP) is 3.13.